The Hall–Kier alpha value is -1.97. The summed E-state index contributed by atoms with van der Waals surface area (Å²) in [5.41, 5.74) is 10.3. The second-order valence-electron chi connectivity index (χ2n) is 7.04. The summed E-state index contributed by atoms with van der Waals surface area (Å²) in [5, 5.41) is 20.8. The molecule has 3 heterocycles. The Morgan fingerprint density at radius 1 is 1.14 bits per heavy atom. The molecule has 19 nitrogen and oxygen atoms in total. The first-order valence-corrected chi connectivity index (χ1v) is 13.9. The van der Waals surface area contributed by atoms with E-state index in [9.17, 15) is 38.5 Å². The molecule has 3 rings (SSSR count). The van der Waals surface area contributed by atoms with Gasteiger partial charge in [0.15, 0.2) is 11.9 Å². The highest BCUT2D eigenvalue weighted by Gasteiger charge is 2.47. The van der Waals surface area contributed by atoms with Crippen molar-refractivity contribution in [2.45, 2.75) is 24.5 Å². The van der Waals surface area contributed by atoms with E-state index in [1.807, 2.05) is 0 Å². The topological polar surface area (TPSA) is 312 Å². The standard InChI is InChI=1S/C14H20N5O14P3/c15-3-1-2-6-4-19(11-8(6)12(22)18-14(16)17-11)13-10(21)9(20)7(31-13)5-30-35(26,27)33-36(28,29)32-34(23,24)25/h4,7,9-10,13,20-21H,3,5,15H2,(H,26,27)(H,28,29)(H2,23,24,25)(H3,16,17,18,22)/t7-,9?,10+,13-/m1/s1. The predicted molar refractivity (Wildman–Crippen MR) is 116 cm³/mol. The number of aliphatic hydroxyl groups is 2. The molecule has 1 aliphatic heterocycles. The molecule has 22 heteroatoms. The molecule has 0 amide bonds. The number of H-pyrrole nitrogens is 1. The SMILES string of the molecule is NCC#Cc1cn([C@@H]2O[C@H](COP(=O)(O)OP(=O)(O)OP(=O)(O)O)C(O)[C@@H]2O)c2nc(N)[nH]c(=O)c12. The summed E-state index contributed by atoms with van der Waals surface area (Å²) < 4.78 is 52.2. The monoisotopic (exact) mass is 575 g/mol. The Morgan fingerprint density at radius 3 is 2.42 bits per heavy atom. The fourth-order valence-corrected chi connectivity index (χ4v) is 6.21. The molecule has 36 heavy (non-hydrogen) atoms. The molecule has 1 fully saturated rings. The molecule has 0 spiro atoms. The number of hydrogen-bond donors (Lipinski definition) is 9. The van der Waals surface area contributed by atoms with Crippen molar-refractivity contribution in [3.05, 3.63) is 22.1 Å². The number of hydrogen-bond acceptors (Lipinski definition) is 13. The summed E-state index contributed by atoms with van der Waals surface area (Å²) in [4.78, 5) is 54.5. The van der Waals surface area contributed by atoms with Gasteiger partial charge in [0.2, 0.25) is 5.95 Å². The number of ether oxygens (including phenoxy) is 1. The Labute approximate surface area is 200 Å². The molecule has 0 bridgehead atoms. The van der Waals surface area contributed by atoms with Crippen molar-refractivity contribution in [3.63, 3.8) is 0 Å². The van der Waals surface area contributed by atoms with E-state index in [-0.39, 0.29) is 29.1 Å². The van der Waals surface area contributed by atoms with Gasteiger partial charge in [-0.05, 0) is 0 Å². The summed E-state index contributed by atoms with van der Waals surface area (Å²) in [6.45, 7) is -1.08. The number of aromatic nitrogens is 3. The van der Waals surface area contributed by atoms with Crippen LogP contribution in [0.4, 0.5) is 5.95 Å². The van der Waals surface area contributed by atoms with Crippen LogP contribution in [0.25, 0.3) is 11.0 Å². The van der Waals surface area contributed by atoms with Crippen LogP contribution < -0.4 is 17.0 Å². The number of anilines is 1. The number of nitrogens with zero attached hydrogens (tertiary/aromatic N) is 2. The van der Waals surface area contributed by atoms with Gasteiger partial charge >= 0.3 is 23.5 Å². The number of nitrogens with two attached hydrogens (primary N) is 2. The van der Waals surface area contributed by atoms with E-state index in [4.69, 9.17) is 26.0 Å². The second kappa shape index (κ2) is 10.4. The Balaban J connectivity index is 1.83. The van der Waals surface area contributed by atoms with Crippen LogP contribution in [0, 0.1) is 11.8 Å². The third kappa shape index (κ3) is 6.66. The van der Waals surface area contributed by atoms with Crippen molar-refractivity contribution < 1.29 is 61.4 Å². The molecule has 1 saturated heterocycles. The number of nitrogens with one attached hydrogen (secondary N) is 1. The minimum absolute atomic E-state index is 0.0350. The van der Waals surface area contributed by atoms with Gasteiger partial charge in [-0.15, -0.1) is 0 Å². The van der Waals surface area contributed by atoms with Crippen LogP contribution in [0.2, 0.25) is 0 Å². The lowest BCUT2D eigenvalue weighted by molar-refractivity contribution is -0.0500. The number of nitrogen functional groups attached to an aromatic ring is 1. The normalized spacial score (nSPS) is 25.8. The predicted octanol–water partition coefficient (Wildman–Crippen LogP) is -2.42. The lowest BCUT2D eigenvalue weighted by Crippen LogP contribution is -2.33. The average molecular weight is 575 g/mol. The molecule has 2 aromatic rings. The number of phosphoric ester groups is 1. The summed E-state index contributed by atoms with van der Waals surface area (Å²) >= 11 is 0. The number of rotatable bonds is 8. The van der Waals surface area contributed by atoms with E-state index in [1.54, 1.807) is 0 Å². The van der Waals surface area contributed by atoms with Crippen LogP contribution >= 0.6 is 23.5 Å². The van der Waals surface area contributed by atoms with Gasteiger partial charge in [0.05, 0.1) is 24.1 Å². The lowest BCUT2D eigenvalue weighted by atomic mass is 10.1. The first-order valence-electron chi connectivity index (χ1n) is 9.43. The first-order chi connectivity index (χ1) is 16.5. The molecule has 200 valence electrons. The highest BCUT2D eigenvalue weighted by molar-refractivity contribution is 7.66. The first kappa shape index (κ1) is 28.6. The van der Waals surface area contributed by atoms with Crippen LogP contribution in [-0.2, 0) is 31.6 Å². The number of aliphatic hydroxyl groups excluding tert-OH is 2. The number of fused-ring (bicyclic) bond motifs is 1. The van der Waals surface area contributed by atoms with Gasteiger partial charge in [-0.3, -0.25) is 14.3 Å². The van der Waals surface area contributed by atoms with Crippen LogP contribution in [0.1, 0.15) is 11.8 Å². The van der Waals surface area contributed by atoms with Crippen LogP contribution in [0.3, 0.4) is 0 Å². The summed E-state index contributed by atoms with van der Waals surface area (Å²) in [7, 11) is -16.9. The molecule has 0 aliphatic carbocycles. The zero-order chi connectivity index (χ0) is 27.1. The van der Waals surface area contributed by atoms with Gasteiger partial charge in [0.25, 0.3) is 5.56 Å². The maximum absolute atomic E-state index is 12.4. The van der Waals surface area contributed by atoms with Crippen LogP contribution in [-0.4, -0.2) is 75.8 Å². The number of aromatic amines is 1. The minimum Gasteiger partial charge on any atom is -0.387 e. The maximum atomic E-state index is 12.4. The Bertz CT molecular complexity index is 1410. The van der Waals surface area contributed by atoms with E-state index in [2.05, 4.69) is 35.0 Å². The highest BCUT2D eigenvalue weighted by atomic mass is 31.3. The zero-order valence-corrected chi connectivity index (χ0v) is 20.3. The smallest absolute Gasteiger partial charge is 0.387 e. The maximum Gasteiger partial charge on any atom is 0.490 e. The molecular weight excluding hydrogens is 555 g/mol. The lowest BCUT2D eigenvalue weighted by Gasteiger charge is -2.19. The molecule has 0 radical (unpaired) electrons. The molecule has 2 aromatic heterocycles. The Morgan fingerprint density at radius 2 is 1.81 bits per heavy atom. The van der Waals surface area contributed by atoms with Crippen molar-refractivity contribution in [2.75, 3.05) is 18.9 Å². The van der Waals surface area contributed by atoms with Crippen molar-refractivity contribution in [1.29, 1.82) is 0 Å². The van der Waals surface area contributed by atoms with Crippen molar-refractivity contribution in [3.8, 4) is 11.8 Å². The van der Waals surface area contributed by atoms with Crippen molar-refractivity contribution in [1.82, 2.24) is 14.5 Å². The largest absolute Gasteiger partial charge is 0.490 e. The molecular formula is C14H20N5O14P3. The summed E-state index contributed by atoms with van der Waals surface area (Å²) in [5.74, 6) is 4.90. The fraction of sp³-hybridized carbons (Fsp3) is 0.429. The molecule has 0 saturated carbocycles. The third-order valence-corrected chi connectivity index (χ3v) is 8.26. The number of phosphoric acid groups is 3. The van der Waals surface area contributed by atoms with Gasteiger partial charge in [-0.25, -0.2) is 13.7 Å². The second-order valence-corrected chi connectivity index (χ2v) is 11.5. The van der Waals surface area contributed by atoms with E-state index in [0.29, 0.717) is 0 Å². The van der Waals surface area contributed by atoms with Gasteiger partial charge in [0.1, 0.15) is 18.3 Å². The van der Waals surface area contributed by atoms with Gasteiger partial charge in [0, 0.05) is 6.20 Å². The van der Waals surface area contributed by atoms with Crippen molar-refractivity contribution in [2.24, 2.45) is 5.73 Å². The zero-order valence-electron chi connectivity index (χ0n) is 17.6. The Kier molecular flexibility index (Phi) is 8.28. The van der Waals surface area contributed by atoms with Crippen molar-refractivity contribution >= 4 is 40.4 Å². The molecule has 3 unspecified atom stereocenters. The quantitative estimate of drug-likeness (QED) is 0.117. The molecule has 11 N–H and O–H groups in total. The molecule has 1 aliphatic rings. The van der Waals surface area contributed by atoms with Gasteiger partial charge in [-0.1, -0.05) is 11.8 Å². The van der Waals surface area contributed by atoms with E-state index in [1.165, 1.54) is 6.20 Å². The average Bonchev–Trinajstić information content (AvgIpc) is 3.20. The van der Waals surface area contributed by atoms with E-state index < -0.39 is 60.2 Å². The van der Waals surface area contributed by atoms with Crippen LogP contribution in [0.5, 0.6) is 0 Å². The highest BCUT2D eigenvalue weighted by Crippen LogP contribution is 2.66. The minimum atomic E-state index is -5.76. The molecule has 6 atom stereocenters. The summed E-state index contributed by atoms with van der Waals surface area (Å²) in [6.07, 6.45) is -5.27. The summed E-state index contributed by atoms with van der Waals surface area (Å²) in [6, 6.07) is 0. The van der Waals surface area contributed by atoms with E-state index in [0.717, 1.165) is 4.57 Å². The molecule has 0 aromatic carbocycles. The van der Waals surface area contributed by atoms with Gasteiger partial charge in [-0.2, -0.15) is 13.6 Å². The third-order valence-electron chi connectivity index (χ3n) is 4.46. The fourth-order valence-electron chi connectivity index (χ4n) is 3.18. The van der Waals surface area contributed by atoms with Crippen LogP contribution in [0.15, 0.2) is 11.0 Å². The van der Waals surface area contributed by atoms with E-state index >= 15 is 0 Å². The van der Waals surface area contributed by atoms with Gasteiger partial charge < -0.3 is 50.6 Å².